The van der Waals surface area contributed by atoms with Crippen molar-refractivity contribution in [2.24, 2.45) is 0 Å². The second kappa shape index (κ2) is 5.97. The van der Waals surface area contributed by atoms with Crippen molar-refractivity contribution < 1.29 is 4.79 Å². The number of carbonyl (C=O) groups is 1. The summed E-state index contributed by atoms with van der Waals surface area (Å²) in [6, 6.07) is 8.66. The van der Waals surface area contributed by atoms with Crippen molar-refractivity contribution in [2.75, 3.05) is 13.1 Å². The summed E-state index contributed by atoms with van der Waals surface area (Å²) in [5, 5.41) is 3.35. The molecule has 17 heavy (non-hydrogen) atoms. The fourth-order valence-corrected chi connectivity index (χ4v) is 1.77. The number of aryl methyl sites for hydroxylation is 1. The van der Waals surface area contributed by atoms with E-state index in [1.807, 2.05) is 0 Å². The van der Waals surface area contributed by atoms with Gasteiger partial charge in [0.25, 0.3) is 0 Å². The Morgan fingerprint density at radius 2 is 1.82 bits per heavy atom. The predicted molar refractivity (Wildman–Crippen MR) is 72.4 cm³/mol. The predicted octanol–water partition coefficient (Wildman–Crippen LogP) is 2.84. The number of rotatable bonds is 6. The van der Waals surface area contributed by atoms with Crippen molar-refractivity contribution in [3.05, 3.63) is 35.4 Å². The van der Waals surface area contributed by atoms with Crippen LogP contribution in [-0.4, -0.2) is 18.9 Å². The number of carbonyl (C=O) groups excluding carboxylic acids is 1. The molecule has 1 rings (SSSR count). The summed E-state index contributed by atoms with van der Waals surface area (Å²) in [7, 11) is 0. The minimum atomic E-state index is 0.102. The van der Waals surface area contributed by atoms with Crippen molar-refractivity contribution in [1.29, 1.82) is 0 Å². The summed E-state index contributed by atoms with van der Waals surface area (Å²) in [6.07, 6.45) is 0.615. The molecule has 0 aromatic heterocycles. The summed E-state index contributed by atoms with van der Waals surface area (Å²) < 4.78 is 0. The Labute approximate surface area is 104 Å². The molecule has 0 atom stereocenters. The molecule has 2 heteroatoms. The number of benzene rings is 1. The third-order valence-corrected chi connectivity index (χ3v) is 3.05. The molecule has 1 N–H and O–H groups in total. The molecule has 1 aromatic carbocycles. The van der Waals surface area contributed by atoms with Gasteiger partial charge in [0.1, 0.15) is 5.78 Å². The first-order chi connectivity index (χ1) is 7.92. The maximum Gasteiger partial charge on any atom is 0.131 e. The monoisotopic (exact) mass is 233 g/mol. The van der Waals surface area contributed by atoms with E-state index < -0.39 is 0 Å². The highest BCUT2D eigenvalue weighted by molar-refractivity contribution is 5.75. The van der Waals surface area contributed by atoms with E-state index in [1.165, 1.54) is 11.1 Å². The Bertz CT molecular complexity index is 365. The fourth-order valence-electron chi connectivity index (χ4n) is 1.77. The molecule has 0 aliphatic rings. The lowest BCUT2D eigenvalue weighted by Gasteiger charge is -2.26. The van der Waals surface area contributed by atoms with E-state index in [4.69, 9.17) is 0 Å². The van der Waals surface area contributed by atoms with Gasteiger partial charge in [0.2, 0.25) is 0 Å². The zero-order chi connectivity index (χ0) is 12.9. The van der Waals surface area contributed by atoms with E-state index >= 15 is 0 Å². The normalized spacial score (nSPS) is 11.5. The fraction of sp³-hybridized carbons (Fsp3) is 0.533. The summed E-state index contributed by atoms with van der Waals surface area (Å²) in [6.45, 7) is 9.83. The molecular formula is C15H23NO. The number of hydrogen-bond acceptors (Lipinski definition) is 2. The first kappa shape index (κ1) is 13.9. The highest BCUT2D eigenvalue weighted by Gasteiger charge is 2.19. The zero-order valence-electron chi connectivity index (χ0n) is 11.3. The maximum absolute atomic E-state index is 10.8. The molecule has 0 heterocycles. The molecule has 2 nitrogen and oxygen atoms in total. The Balaban J connectivity index is 2.50. The van der Waals surface area contributed by atoms with E-state index in [2.05, 4.69) is 50.4 Å². The van der Waals surface area contributed by atoms with Gasteiger partial charge in [-0.2, -0.15) is 0 Å². The SMILES string of the molecule is CC(=O)CCNCC(C)(C)c1ccc(C)cc1. The van der Waals surface area contributed by atoms with Crippen LogP contribution in [0, 0.1) is 6.92 Å². The first-order valence-electron chi connectivity index (χ1n) is 6.19. The molecule has 0 aliphatic carbocycles. The smallest absolute Gasteiger partial charge is 0.131 e. The molecule has 94 valence electrons. The average Bonchev–Trinajstić information content (AvgIpc) is 2.25. The van der Waals surface area contributed by atoms with Crippen molar-refractivity contribution in [3.8, 4) is 0 Å². The lowest BCUT2D eigenvalue weighted by atomic mass is 9.84. The van der Waals surface area contributed by atoms with E-state index in [0.717, 1.165) is 13.1 Å². The molecule has 0 unspecified atom stereocenters. The first-order valence-corrected chi connectivity index (χ1v) is 6.19. The largest absolute Gasteiger partial charge is 0.315 e. The van der Waals surface area contributed by atoms with Crippen LogP contribution in [0.5, 0.6) is 0 Å². The molecule has 0 bridgehead atoms. The standard InChI is InChI=1S/C15H23NO/c1-12-5-7-14(8-6-12)15(3,4)11-16-10-9-13(2)17/h5-8,16H,9-11H2,1-4H3. The Hall–Kier alpha value is -1.15. The van der Waals surface area contributed by atoms with Crippen LogP contribution in [0.1, 0.15) is 38.3 Å². The molecule has 0 fully saturated rings. The van der Waals surface area contributed by atoms with Gasteiger partial charge < -0.3 is 5.32 Å². The van der Waals surface area contributed by atoms with Crippen molar-refractivity contribution in [2.45, 2.75) is 39.5 Å². The van der Waals surface area contributed by atoms with E-state index in [1.54, 1.807) is 6.92 Å². The maximum atomic E-state index is 10.8. The second-order valence-corrected chi connectivity index (χ2v) is 5.38. The molecule has 0 aliphatic heterocycles. The summed E-state index contributed by atoms with van der Waals surface area (Å²) in [4.78, 5) is 10.8. The quantitative estimate of drug-likeness (QED) is 0.765. The van der Waals surface area contributed by atoms with Gasteiger partial charge in [0, 0.05) is 24.9 Å². The average molecular weight is 233 g/mol. The van der Waals surface area contributed by atoms with Crippen molar-refractivity contribution in [3.63, 3.8) is 0 Å². The highest BCUT2D eigenvalue weighted by Crippen LogP contribution is 2.22. The minimum Gasteiger partial charge on any atom is -0.315 e. The van der Waals surface area contributed by atoms with E-state index in [-0.39, 0.29) is 11.2 Å². The molecule has 0 saturated heterocycles. The molecule has 0 amide bonds. The number of hydrogen-bond donors (Lipinski definition) is 1. The van der Waals surface area contributed by atoms with Crippen LogP contribution in [0.3, 0.4) is 0 Å². The van der Waals surface area contributed by atoms with Crippen molar-refractivity contribution in [1.82, 2.24) is 5.32 Å². The van der Waals surface area contributed by atoms with Crippen LogP contribution in [0.25, 0.3) is 0 Å². The van der Waals surface area contributed by atoms with Gasteiger partial charge in [-0.3, -0.25) is 4.79 Å². The van der Waals surface area contributed by atoms with Gasteiger partial charge in [0.15, 0.2) is 0 Å². The molecule has 0 spiro atoms. The number of ketones is 1. The molecule has 0 radical (unpaired) electrons. The lowest BCUT2D eigenvalue weighted by molar-refractivity contribution is -0.116. The van der Waals surface area contributed by atoms with Crippen molar-refractivity contribution >= 4 is 5.78 Å². The van der Waals surface area contributed by atoms with Gasteiger partial charge in [-0.05, 0) is 19.4 Å². The molecular weight excluding hydrogens is 210 g/mol. The van der Waals surface area contributed by atoms with Gasteiger partial charge in [-0.15, -0.1) is 0 Å². The van der Waals surface area contributed by atoms with Gasteiger partial charge in [-0.1, -0.05) is 43.7 Å². The van der Waals surface area contributed by atoms with Crippen LogP contribution in [0.15, 0.2) is 24.3 Å². The van der Waals surface area contributed by atoms with Gasteiger partial charge in [-0.25, -0.2) is 0 Å². The van der Waals surface area contributed by atoms with E-state index in [0.29, 0.717) is 6.42 Å². The molecule has 0 saturated carbocycles. The third-order valence-electron chi connectivity index (χ3n) is 3.05. The minimum absolute atomic E-state index is 0.102. The summed E-state index contributed by atoms with van der Waals surface area (Å²) in [5.74, 6) is 0.241. The van der Waals surface area contributed by atoms with Crippen LogP contribution in [0.2, 0.25) is 0 Å². The van der Waals surface area contributed by atoms with E-state index in [9.17, 15) is 4.79 Å². The van der Waals surface area contributed by atoms with Crippen LogP contribution >= 0.6 is 0 Å². The number of Topliss-reactive ketones (excluding diaryl/α,β-unsaturated/α-hetero) is 1. The third kappa shape index (κ3) is 4.70. The topological polar surface area (TPSA) is 29.1 Å². The van der Waals surface area contributed by atoms with Gasteiger partial charge >= 0.3 is 0 Å². The Morgan fingerprint density at radius 1 is 1.24 bits per heavy atom. The Morgan fingerprint density at radius 3 is 2.35 bits per heavy atom. The zero-order valence-corrected chi connectivity index (χ0v) is 11.3. The second-order valence-electron chi connectivity index (χ2n) is 5.38. The summed E-state index contributed by atoms with van der Waals surface area (Å²) in [5.41, 5.74) is 2.72. The molecule has 1 aromatic rings. The van der Waals surface area contributed by atoms with Gasteiger partial charge in [0.05, 0.1) is 0 Å². The summed E-state index contributed by atoms with van der Waals surface area (Å²) >= 11 is 0. The number of nitrogens with one attached hydrogen (secondary N) is 1. The Kier molecular flexibility index (Phi) is 4.88. The van der Waals surface area contributed by atoms with Crippen LogP contribution < -0.4 is 5.32 Å². The lowest BCUT2D eigenvalue weighted by Crippen LogP contribution is -2.33. The highest BCUT2D eigenvalue weighted by atomic mass is 16.1. The van der Waals surface area contributed by atoms with Crippen LogP contribution in [-0.2, 0) is 10.2 Å². The van der Waals surface area contributed by atoms with Crippen LogP contribution in [0.4, 0.5) is 0 Å².